The van der Waals surface area contributed by atoms with E-state index in [1.54, 1.807) is 0 Å². The minimum atomic E-state index is -0.160. The predicted octanol–water partition coefficient (Wildman–Crippen LogP) is 2.95. The fourth-order valence-corrected chi connectivity index (χ4v) is 4.44. The Morgan fingerprint density at radius 1 is 1.13 bits per heavy atom. The van der Waals surface area contributed by atoms with Crippen LogP contribution in [-0.4, -0.2) is 24.3 Å². The van der Waals surface area contributed by atoms with Gasteiger partial charge in [-0.3, -0.25) is 0 Å². The minimum Gasteiger partial charge on any atom is -0.349 e. The summed E-state index contributed by atoms with van der Waals surface area (Å²) in [5, 5.41) is 1.08. The highest BCUT2D eigenvalue weighted by Crippen LogP contribution is 2.62. The molecule has 0 unspecified atom stereocenters. The first-order chi connectivity index (χ1) is 7.38. The number of rotatable bonds is 2. The van der Waals surface area contributed by atoms with Crippen LogP contribution in [0.25, 0.3) is 0 Å². The normalized spacial score (nSPS) is 42.6. The summed E-state index contributed by atoms with van der Waals surface area (Å²) in [5.41, 5.74) is 0. The molecule has 1 heterocycles. The molecule has 0 amide bonds. The Kier molecular flexibility index (Phi) is 2.82. The van der Waals surface area contributed by atoms with E-state index >= 15 is 0 Å². The van der Waals surface area contributed by atoms with E-state index in [0.717, 1.165) is 30.9 Å². The molecule has 86 valence electrons. The molecule has 2 aliphatic carbocycles. The maximum absolute atomic E-state index is 6.04. The van der Waals surface area contributed by atoms with Gasteiger partial charge in [0.05, 0.1) is 13.2 Å². The van der Waals surface area contributed by atoms with Crippen LogP contribution in [0.2, 0.25) is 0 Å². The van der Waals surface area contributed by atoms with Crippen LogP contribution in [0.15, 0.2) is 0 Å². The molecule has 3 aliphatic rings. The highest BCUT2D eigenvalue weighted by molar-refractivity contribution is 9.09. The molecule has 0 N–H and O–H groups in total. The smallest absolute Gasteiger partial charge is 0.174 e. The molecular weight excluding hydrogens is 256 g/mol. The first-order valence-electron chi connectivity index (χ1n) is 6.22. The summed E-state index contributed by atoms with van der Waals surface area (Å²) < 4.78 is 12.1. The van der Waals surface area contributed by atoms with Gasteiger partial charge in [0.1, 0.15) is 0 Å². The van der Waals surface area contributed by atoms with Gasteiger partial charge in [0.15, 0.2) is 5.79 Å². The summed E-state index contributed by atoms with van der Waals surface area (Å²) in [7, 11) is 0. The molecule has 0 aromatic rings. The van der Waals surface area contributed by atoms with Crippen LogP contribution in [0.4, 0.5) is 0 Å². The minimum absolute atomic E-state index is 0.160. The number of alkyl halides is 1. The van der Waals surface area contributed by atoms with Gasteiger partial charge in [0.2, 0.25) is 0 Å². The molecule has 0 aromatic carbocycles. The zero-order valence-electron chi connectivity index (χ0n) is 9.08. The third-order valence-electron chi connectivity index (χ3n) is 4.48. The standard InChI is InChI=1S/C12H19BrO2/c13-6-5-11-9-3-1-4-10(9)12(11)14-7-2-8-15-12/h9-11H,1-8H2/t9-,10+,11-/m0/s1. The molecule has 0 radical (unpaired) electrons. The molecular formula is C12H19BrO2. The van der Waals surface area contributed by atoms with Crippen molar-refractivity contribution in [2.24, 2.45) is 17.8 Å². The Balaban J connectivity index is 1.78. The summed E-state index contributed by atoms with van der Waals surface area (Å²) in [6.45, 7) is 1.81. The number of hydrogen-bond donors (Lipinski definition) is 0. The summed E-state index contributed by atoms with van der Waals surface area (Å²) in [5.74, 6) is 2.10. The van der Waals surface area contributed by atoms with Crippen molar-refractivity contribution in [2.75, 3.05) is 18.5 Å². The van der Waals surface area contributed by atoms with E-state index in [9.17, 15) is 0 Å². The molecule has 3 rings (SSSR count). The van der Waals surface area contributed by atoms with Gasteiger partial charge < -0.3 is 9.47 Å². The van der Waals surface area contributed by atoms with Crippen LogP contribution in [-0.2, 0) is 9.47 Å². The lowest BCUT2D eigenvalue weighted by atomic mass is 9.59. The summed E-state index contributed by atoms with van der Waals surface area (Å²) in [6, 6.07) is 0. The molecule has 1 aliphatic heterocycles. The highest BCUT2D eigenvalue weighted by atomic mass is 79.9. The van der Waals surface area contributed by atoms with Crippen molar-refractivity contribution in [3.63, 3.8) is 0 Å². The number of fused-ring (bicyclic) bond motifs is 2. The number of ether oxygens (including phenoxy) is 2. The molecule has 3 heteroatoms. The van der Waals surface area contributed by atoms with E-state index < -0.39 is 0 Å². The largest absolute Gasteiger partial charge is 0.349 e. The summed E-state index contributed by atoms with van der Waals surface area (Å²) >= 11 is 3.56. The molecule has 1 spiro atoms. The Morgan fingerprint density at radius 2 is 1.93 bits per heavy atom. The van der Waals surface area contributed by atoms with Crippen molar-refractivity contribution >= 4 is 15.9 Å². The number of halogens is 1. The van der Waals surface area contributed by atoms with Gasteiger partial charge in [-0.05, 0) is 31.6 Å². The fourth-order valence-electron chi connectivity index (χ4n) is 3.95. The number of hydrogen-bond acceptors (Lipinski definition) is 2. The molecule has 2 saturated carbocycles. The van der Waals surface area contributed by atoms with Crippen LogP contribution in [0.3, 0.4) is 0 Å². The molecule has 3 atom stereocenters. The van der Waals surface area contributed by atoms with Crippen molar-refractivity contribution in [1.82, 2.24) is 0 Å². The van der Waals surface area contributed by atoms with E-state index in [2.05, 4.69) is 15.9 Å². The summed E-state index contributed by atoms with van der Waals surface area (Å²) in [6.07, 6.45) is 6.38. The van der Waals surface area contributed by atoms with E-state index in [0.29, 0.717) is 11.8 Å². The molecule has 0 bridgehead atoms. The van der Waals surface area contributed by atoms with Gasteiger partial charge in [0.25, 0.3) is 0 Å². The second-order valence-corrected chi connectivity index (χ2v) is 5.85. The van der Waals surface area contributed by atoms with Crippen molar-refractivity contribution in [3.05, 3.63) is 0 Å². The molecule has 3 fully saturated rings. The molecule has 0 aromatic heterocycles. The van der Waals surface area contributed by atoms with Crippen LogP contribution in [0, 0.1) is 17.8 Å². The molecule has 15 heavy (non-hydrogen) atoms. The SMILES string of the molecule is BrCC[C@H]1[C@H]2CCC[C@H]2C12OCCCO2. The highest BCUT2D eigenvalue weighted by Gasteiger charge is 2.65. The van der Waals surface area contributed by atoms with Gasteiger partial charge >= 0.3 is 0 Å². The fraction of sp³-hybridized carbons (Fsp3) is 1.00. The zero-order valence-corrected chi connectivity index (χ0v) is 10.7. The van der Waals surface area contributed by atoms with Crippen molar-refractivity contribution < 1.29 is 9.47 Å². The average Bonchev–Trinajstić information content (AvgIpc) is 2.73. The predicted molar refractivity (Wildman–Crippen MR) is 62.0 cm³/mol. The molecule has 1 saturated heterocycles. The van der Waals surface area contributed by atoms with Gasteiger partial charge in [-0.15, -0.1) is 0 Å². The first-order valence-corrected chi connectivity index (χ1v) is 7.34. The monoisotopic (exact) mass is 274 g/mol. The second-order valence-electron chi connectivity index (χ2n) is 5.06. The van der Waals surface area contributed by atoms with Crippen molar-refractivity contribution in [1.29, 1.82) is 0 Å². The lowest BCUT2D eigenvalue weighted by Crippen LogP contribution is -2.65. The van der Waals surface area contributed by atoms with Crippen molar-refractivity contribution in [2.45, 2.75) is 37.9 Å². The van der Waals surface area contributed by atoms with Gasteiger partial charge in [-0.2, -0.15) is 0 Å². The van der Waals surface area contributed by atoms with E-state index in [1.807, 2.05) is 0 Å². The van der Waals surface area contributed by atoms with Crippen LogP contribution < -0.4 is 0 Å². The average molecular weight is 275 g/mol. The van der Waals surface area contributed by atoms with Crippen LogP contribution in [0.1, 0.15) is 32.1 Å². The second kappa shape index (κ2) is 4.01. The van der Waals surface area contributed by atoms with Crippen LogP contribution in [0.5, 0.6) is 0 Å². The van der Waals surface area contributed by atoms with Gasteiger partial charge in [-0.1, -0.05) is 22.4 Å². The molecule has 2 nitrogen and oxygen atoms in total. The lowest BCUT2D eigenvalue weighted by Gasteiger charge is -2.59. The Hall–Kier alpha value is 0.400. The summed E-state index contributed by atoms with van der Waals surface area (Å²) in [4.78, 5) is 0. The topological polar surface area (TPSA) is 18.5 Å². The van der Waals surface area contributed by atoms with Gasteiger partial charge in [0, 0.05) is 17.2 Å². The Labute approximate surface area is 99.8 Å². The zero-order chi connectivity index (χ0) is 10.3. The maximum Gasteiger partial charge on any atom is 0.174 e. The third-order valence-corrected chi connectivity index (χ3v) is 4.94. The quantitative estimate of drug-likeness (QED) is 0.721. The maximum atomic E-state index is 6.04. The van der Waals surface area contributed by atoms with E-state index in [4.69, 9.17) is 9.47 Å². The first kappa shape index (κ1) is 10.5. The van der Waals surface area contributed by atoms with Gasteiger partial charge in [-0.25, -0.2) is 0 Å². The Morgan fingerprint density at radius 3 is 2.67 bits per heavy atom. The van der Waals surface area contributed by atoms with Crippen molar-refractivity contribution in [3.8, 4) is 0 Å². The lowest BCUT2D eigenvalue weighted by molar-refractivity contribution is -0.381. The Bertz CT molecular complexity index is 238. The van der Waals surface area contributed by atoms with E-state index in [1.165, 1.54) is 25.7 Å². The third kappa shape index (κ3) is 1.43. The van der Waals surface area contributed by atoms with E-state index in [-0.39, 0.29) is 5.79 Å². The van der Waals surface area contributed by atoms with Crippen LogP contribution >= 0.6 is 15.9 Å².